The SMILES string of the molecule is C=CCN=c1scc(-c2cccs2)n1N=C1C(=O)N(C(C)C)c2ccccc21. The molecule has 0 atom stereocenters. The minimum absolute atomic E-state index is 0.0514. The van der Waals surface area contributed by atoms with E-state index in [2.05, 4.69) is 11.6 Å². The summed E-state index contributed by atoms with van der Waals surface area (Å²) in [6.07, 6.45) is 1.75. The molecule has 0 N–H and O–H groups in total. The molecule has 1 aliphatic rings. The molecule has 3 aromatic rings. The maximum absolute atomic E-state index is 13.2. The summed E-state index contributed by atoms with van der Waals surface area (Å²) >= 11 is 3.15. The van der Waals surface area contributed by atoms with Crippen molar-refractivity contribution in [3.8, 4) is 10.6 Å². The van der Waals surface area contributed by atoms with Crippen molar-refractivity contribution in [2.75, 3.05) is 11.4 Å². The standard InChI is InChI=1S/C21H20N4OS2/c1-4-11-22-21-25(17(13-28-21)18-10-7-12-27-18)23-19-15-8-5-6-9-16(15)24(14(2)3)20(19)26/h4-10,12-14H,1,11H2,2-3H3. The van der Waals surface area contributed by atoms with Gasteiger partial charge in [0.2, 0.25) is 4.80 Å². The molecule has 0 bridgehead atoms. The molecule has 1 aromatic carbocycles. The number of anilines is 1. The first-order valence-electron chi connectivity index (χ1n) is 8.99. The fourth-order valence-corrected chi connectivity index (χ4v) is 4.81. The van der Waals surface area contributed by atoms with Crippen LogP contribution in [-0.4, -0.2) is 28.9 Å². The van der Waals surface area contributed by atoms with Crippen LogP contribution in [0.3, 0.4) is 0 Å². The van der Waals surface area contributed by atoms with E-state index >= 15 is 0 Å². The number of hydrogen-bond donors (Lipinski definition) is 0. The Morgan fingerprint density at radius 1 is 1.18 bits per heavy atom. The molecule has 28 heavy (non-hydrogen) atoms. The van der Waals surface area contributed by atoms with E-state index in [0.717, 1.165) is 26.6 Å². The van der Waals surface area contributed by atoms with Crippen LogP contribution in [0.5, 0.6) is 0 Å². The van der Waals surface area contributed by atoms with Crippen LogP contribution >= 0.6 is 22.7 Å². The van der Waals surface area contributed by atoms with Gasteiger partial charge in [0.25, 0.3) is 5.91 Å². The second-order valence-electron chi connectivity index (χ2n) is 6.56. The first-order chi connectivity index (χ1) is 13.6. The van der Waals surface area contributed by atoms with Gasteiger partial charge in [0.1, 0.15) is 0 Å². The predicted molar refractivity (Wildman–Crippen MR) is 117 cm³/mol. The van der Waals surface area contributed by atoms with Crippen molar-refractivity contribution >= 4 is 40.0 Å². The van der Waals surface area contributed by atoms with Crippen molar-refractivity contribution in [3.05, 3.63) is 70.2 Å². The maximum Gasteiger partial charge on any atom is 0.279 e. The molecule has 0 radical (unpaired) electrons. The highest BCUT2D eigenvalue weighted by Crippen LogP contribution is 2.32. The van der Waals surface area contributed by atoms with E-state index < -0.39 is 0 Å². The number of hydrogen-bond acceptors (Lipinski definition) is 5. The van der Waals surface area contributed by atoms with Gasteiger partial charge in [-0.05, 0) is 31.4 Å². The Bertz CT molecular complexity index is 1120. The van der Waals surface area contributed by atoms with Gasteiger partial charge in [0.15, 0.2) is 5.71 Å². The van der Waals surface area contributed by atoms with Crippen molar-refractivity contribution in [1.29, 1.82) is 0 Å². The number of amides is 1. The molecule has 0 fully saturated rings. The fraction of sp³-hybridized carbons (Fsp3) is 0.190. The summed E-state index contributed by atoms with van der Waals surface area (Å²) < 4.78 is 1.79. The number of fused-ring (bicyclic) bond motifs is 1. The van der Waals surface area contributed by atoms with E-state index in [9.17, 15) is 4.79 Å². The Kier molecular flexibility index (Phi) is 5.11. The largest absolute Gasteiger partial charge is 0.304 e. The highest BCUT2D eigenvalue weighted by atomic mass is 32.1. The number of carbonyl (C=O) groups excluding carboxylic acids is 1. The summed E-state index contributed by atoms with van der Waals surface area (Å²) in [5, 5.41) is 8.87. The van der Waals surface area contributed by atoms with E-state index in [1.165, 1.54) is 11.3 Å². The molecule has 0 saturated carbocycles. The third kappa shape index (κ3) is 3.16. The third-order valence-electron chi connectivity index (χ3n) is 4.37. The molecule has 0 spiro atoms. The number of para-hydroxylation sites is 1. The van der Waals surface area contributed by atoms with Gasteiger partial charge in [-0.1, -0.05) is 30.3 Å². The molecular weight excluding hydrogens is 388 g/mol. The molecule has 2 aromatic heterocycles. The van der Waals surface area contributed by atoms with Crippen molar-refractivity contribution in [2.24, 2.45) is 10.1 Å². The monoisotopic (exact) mass is 408 g/mol. The molecule has 3 heterocycles. The van der Waals surface area contributed by atoms with Crippen molar-refractivity contribution in [1.82, 2.24) is 4.68 Å². The number of nitrogens with zero attached hydrogens (tertiary/aromatic N) is 4. The summed E-state index contributed by atoms with van der Waals surface area (Å²) in [6.45, 7) is 8.26. The summed E-state index contributed by atoms with van der Waals surface area (Å²) in [7, 11) is 0. The molecule has 7 heteroatoms. The zero-order valence-corrected chi connectivity index (χ0v) is 17.3. The lowest BCUT2D eigenvalue weighted by atomic mass is 10.1. The molecule has 5 nitrogen and oxygen atoms in total. The van der Waals surface area contributed by atoms with Crippen molar-refractivity contribution < 1.29 is 4.79 Å². The van der Waals surface area contributed by atoms with Crippen LogP contribution in [0.4, 0.5) is 5.69 Å². The van der Waals surface area contributed by atoms with Gasteiger partial charge in [-0.25, -0.2) is 4.68 Å². The predicted octanol–water partition coefficient (Wildman–Crippen LogP) is 4.37. The lowest BCUT2D eigenvalue weighted by Crippen LogP contribution is -2.36. The Morgan fingerprint density at radius 3 is 2.71 bits per heavy atom. The molecule has 142 valence electrons. The van der Waals surface area contributed by atoms with Gasteiger partial charge < -0.3 is 4.90 Å². The van der Waals surface area contributed by atoms with Crippen LogP contribution in [0, 0.1) is 0 Å². The van der Waals surface area contributed by atoms with Gasteiger partial charge in [-0.3, -0.25) is 9.79 Å². The van der Waals surface area contributed by atoms with Gasteiger partial charge in [0.05, 0.1) is 22.8 Å². The van der Waals surface area contributed by atoms with Crippen LogP contribution < -0.4 is 9.70 Å². The summed E-state index contributed by atoms with van der Waals surface area (Å²) in [6, 6.07) is 11.9. The van der Waals surface area contributed by atoms with Gasteiger partial charge >= 0.3 is 0 Å². The summed E-state index contributed by atoms with van der Waals surface area (Å²) in [4.78, 5) is 21.4. The Morgan fingerprint density at radius 2 is 2.00 bits per heavy atom. The molecule has 0 unspecified atom stereocenters. The first kappa shape index (κ1) is 18.6. The Balaban J connectivity index is 1.93. The van der Waals surface area contributed by atoms with Gasteiger partial charge in [0, 0.05) is 17.0 Å². The Hall–Kier alpha value is -2.77. The lowest BCUT2D eigenvalue weighted by Gasteiger charge is -2.20. The van der Waals surface area contributed by atoms with Crippen LogP contribution in [0.25, 0.3) is 10.6 Å². The van der Waals surface area contributed by atoms with E-state index in [4.69, 9.17) is 5.10 Å². The summed E-state index contributed by atoms with van der Waals surface area (Å²) in [5.74, 6) is -0.0818. The molecular formula is C21H20N4OS2. The Labute approximate surface area is 171 Å². The second kappa shape index (κ2) is 7.69. The highest BCUT2D eigenvalue weighted by molar-refractivity contribution is 7.14. The molecule has 4 rings (SSSR count). The third-order valence-corrected chi connectivity index (χ3v) is 6.12. The van der Waals surface area contributed by atoms with Crippen LogP contribution in [0.2, 0.25) is 0 Å². The first-order valence-corrected chi connectivity index (χ1v) is 10.8. The molecule has 0 saturated heterocycles. The highest BCUT2D eigenvalue weighted by Gasteiger charge is 2.35. The van der Waals surface area contributed by atoms with Crippen LogP contribution in [-0.2, 0) is 4.79 Å². The number of aromatic nitrogens is 1. The van der Waals surface area contributed by atoms with Crippen molar-refractivity contribution in [3.63, 3.8) is 0 Å². The van der Waals surface area contributed by atoms with E-state index in [1.807, 2.05) is 61.0 Å². The molecule has 0 aliphatic carbocycles. The van der Waals surface area contributed by atoms with Gasteiger partial charge in [-0.2, -0.15) is 5.10 Å². The zero-order valence-electron chi connectivity index (χ0n) is 15.7. The van der Waals surface area contributed by atoms with E-state index in [-0.39, 0.29) is 11.9 Å². The average molecular weight is 409 g/mol. The number of benzene rings is 1. The van der Waals surface area contributed by atoms with Crippen LogP contribution in [0.1, 0.15) is 19.4 Å². The van der Waals surface area contributed by atoms with Crippen molar-refractivity contribution in [2.45, 2.75) is 19.9 Å². The number of carbonyl (C=O) groups is 1. The average Bonchev–Trinajstić information content (AvgIpc) is 3.39. The molecule has 1 aliphatic heterocycles. The van der Waals surface area contributed by atoms with Crippen LogP contribution in [0.15, 0.2) is 69.9 Å². The minimum Gasteiger partial charge on any atom is -0.304 e. The van der Waals surface area contributed by atoms with E-state index in [1.54, 1.807) is 27.0 Å². The zero-order chi connectivity index (χ0) is 19.7. The van der Waals surface area contributed by atoms with Gasteiger partial charge in [-0.15, -0.1) is 29.3 Å². The molecule has 1 amide bonds. The fourth-order valence-electron chi connectivity index (χ4n) is 3.17. The lowest BCUT2D eigenvalue weighted by molar-refractivity contribution is -0.112. The van der Waals surface area contributed by atoms with E-state index in [0.29, 0.717) is 12.3 Å². The second-order valence-corrected chi connectivity index (χ2v) is 8.34. The topological polar surface area (TPSA) is 50.0 Å². The minimum atomic E-state index is -0.0818. The number of thiazole rings is 1. The smallest absolute Gasteiger partial charge is 0.279 e. The maximum atomic E-state index is 13.2. The number of thiophene rings is 1. The normalized spacial score (nSPS) is 15.7. The summed E-state index contributed by atoms with van der Waals surface area (Å²) in [5.41, 5.74) is 3.13. The number of rotatable bonds is 5. The quantitative estimate of drug-likeness (QED) is 0.578.